The summed E-state index contributed by atoms with van der Waals surface area (Å²) in [6.07, 6.45) is 3.64. The number of nitrogens with zero attached hydrogens (tertiary/aromatic N) is 5. The summed E-state index contributed by atoms with van der Waals surface area (Å²) in [4.78, 5) is 28.1. The molecule has 0 atom stereocenters. The van der Waals surface area contributed by atoms with E-state index in [0.717, 1.165) is 43.4 Å². The van der Waals surface area contributed by atoms with E-state index in [1.807, 2.05) is 80.0 Å². The van der Waals surface area contributed by atoms with Crippen LogP contribution in [0.3, 0.4) is 0 Å². The van der Waals surface area contributed by atoms with Crippen LogP contribution in [-0.2, 0) is 0 Å². The highest BCUT2D eigenvalue weighted by atomic mass is 16.2. The monoisotopic (exact) mass is 387 g/mol. The number of hydrogen-bond acceptors (Lipinski definition) is 5. The summed E-state index contributed by atoms with van der Waals surface area (Å²) in [7, 11) is 0. The molecule has 0 saturated carbocycles. The van der Waals surface area contributed by atoms with Gasteiger partial charge in [-0.3, -0.25) is 4.79 Å². The summed E-state index contributed by atoms with van der Waals surface area (Å²) in [5, 5.41) is 0. The van der Waals surface area contributed by atoms with Gasteiger partial charge in [0.05, 0.1) is 11.9 Å². The van der Waals surface area contributed by atoms with Crippen molar-refractivity contribution in [2.24, 2.45) is 0 Å². The van der Waals surface area contributed by atoms with E-state index in [9.17, 15) is 4.79 Å². The standard InChI is InChI=1S/C23H25N5O/c1-2-28(19-8-4-3-5-9-19)23(29)21-12-11-20(18-25-21)26-14-16-27(17-15-26)22-10-6-7-13-24-22/h3-13,18H,2,14-17H2,1H3. The number of anilines is 3. The fourth-order valence-electron chi connectivity index (χ4n) is 3.62. The molecule has 1 aliphatic rings. The van der Waals surface area contributed by atoms with Crippen molar-refractivity contribution < 1.29 is 4.79 Å². The Morgan fingerprint density at radius 3 is 2.24 bits per heavy atom. The van der Waals surface area contributed by atoms with Crippen LogP contribution in [0.1, 0.15) is 17.4 Å². The van der Waals surface area contributed by atoms with E-state index in [2.05, 4.69) is 19.8 Å². The van der Waals surface area contributed by atoms with Crippen molar-refractivity contribution in [3.8, 4) is 0 Å². The second kappa shape index (κ2) is 8.73. The first-order valence-electron chi connectivity index (χ1n) is 10.00. The quantitative estimate of drug-likeness (QED) is 0.671. The van der Waals surface area contributed by atoms with Crippen LogP contribution in [0, 0.1) is 0 Å². The van der Waals surface area contributed by atoms with Crippen molar-refractivity contribution in [3.63, 3.8) is 0 Å². The van der Waals surface area contributed by atoms with Gasteiger partial charge in [0.25, 0.3) is 5.91 Å². The second-order valence-corrected chi connectivity index (χ2v) is 6.95. The largest absolute Gasteiger partial charge is 0.367 e. The summed E-state index contributed by atoms with van der Waals surface area (Å²) in [6, 6.07) is 19.5. The Kier molecular flexibility index (Phi) is 5.70. The summed E-state index contributed by atoms with van der Waals surface area (Å²) in [6.45, 7) is 6.19. The van der Waals surface area contributed by atoms with Gasteiger partial charge in [0, 0.05) is 44.6 Å². The molecule has 0 spiro atoms. The summed E-state index contributed by atoms with van der Waals surface area (Å²) in [5.41, 5.74) is 2.40. The number of carbonyl (C=O) groups excluding carboxylic acids is 1. The van der Waals surface area contributed by atoms with E-state index < -0.39 is 0 Å². The first kappa shape index (κ1) is 18.9. The van der Waals surface area contributed by atoms with Crippen LogP contribution >= 0.6 is 0 Å². The predicted molar refractivity (Wildman–Crippen MR) is 117 cm³/mol. The molecule has 6 nitrogen and oxygen atoms in total. The zero-order valence-electron chi connectivity index (χ0n) is 16.6. The summed E-state index contributed by atoms with van der Waals surface area (Å²) >= 11 is 0. The van der Waals surface area contributed by atoms with Gasteiger partial charge < -0.3 is 14.7 Å². The van der Waals surface area contributed by atoms with Crippen molar-refractivity contribution in [1.29, 1.82) is 0 Å². The molecule has 0 radical (unpaired) electrons. The van der Waals surface area contributed by atoms with Crippen LogP contribution in [0.5, 0.6) is 0 Å². The van der Waals surface area contributed by atoms with Gasteiger partial charge in [0.15, 0.2) is 0 Å². The number of aromatic nitrogens is 2. The number of rotatable bonds is 5. The molecule has 29 heavy (non-hydrogen) atoms. The average Bonchev–Trinajstić information content (AvgIpc) is 2.81. The van der Waals surface area contributed by atoms with Crippen LogP contribution in [-0.4, -0.2) is 48.6 Å². The first-order chi connectivity index (χ1) is 14.3. The lowest BCUT2D eigenvalue weighted by molar-refractivity contribution is 0.0983. The van der Waals surface area contributed by atoms with E-state index in [1.165, 1.54) is 0 Å². The lowest BCUT2D eigenvalue weighted by Gasteiger charge is -2.36. The maximum atomic E-state index is 12.9. The van der Waals surface area contributed by atoms with Crippen molar-refractivity contribution in [1.82, 2.24) is 9.97 Å². The highest BCUT2D eigenvalue weighted by Gasteiger charge is 2.20. The highest BCUT2D eigenvalue weighted by Crippen LogP contribution is 2.20. The smallest absolute Gasteiger partial charge is 0.276 e. The Bertz CT molecular complexity index is 923. The Balaban J connectivity index is 1.41. The van der Waals surface area contributed by atoms with E-state index in [4.69, 9.17) is 0 Å². The van der Waals surface area contributed by atoms with Crippen LogP contribution in [0.4, 0.5) is 17.2 Å². The van der Waals surface area contributed by atoms with Crippen molar-refractivity contribution in [3.05, 3.63) is 78.8 Å². The lowest BCUT2D eigenvalue weighted by atomic mass is 10.2. The number of pyridine rings is 2. The van der Waals surface area contributed by atoms with Gasteiger partial charge in [0.1, 0.15) is 11.5 Å². The van der Waals surface area contributed by atoms with Gasteiger partial charge >= 0.3 is 0 Å². The lowest BCUT2D eigenvalue weighted by Crippen LogP contribution is -2.46. The number of para-hydroxylation sites is 1. The van der Waals surface area contributed by atoms with Gasteiger partial charge in [0.2, 0.25) is 0 Å². The molecule has 0 bridgehead atoms. The van der Waals surface area contributed by atoms with Crippen LogP contribution in [0.2, 0.25) is 0 Å². The Morgan fingerprint density at radius 2 is 1.62 bits per heavy atom. The predicted octanol–water partition coefficient (Wildman–Crippen LogP) is 3.47. The normalized spacial score (nSPS) is 14.0. The SMILES string of the molecule is CCN(C(=O)c1ccc(N2CCN(c3ccccn3)CC2)cn1)c1ccccc1. The average molecular weight is 387 g/mol. The Hall–Kier alpha value is -3.41. The second-order valence-electron chi connectivity index (χ2n) is 6.95. The zero-order valence-corrected chi connectivity index (χ0v) is 16.6. The Labute approximate surface area is 171 Å². The molecule has 4 rings (SSSR count). The number of piperazine rings is 1. The van der Waals surface area contributed by atoms with Gasteiger partial charge in [-0.25, -0.2) is 9.97 Å². The Morgan fingerprint density at radius 1 is 0.897 bits per heavy atom. The van der Waals surface area contributed by atoms with Gasteiger partial charge in [-0.2, -0.15) is 0 Å². The fraction of sp³-hybridized carbons (Fsp3) is 0.261. The molecule has 1 aliphatic heterocycles. The van der Waals surface area contributed by atoms with Crippen molar-refractivity contribution in [2.45, 2.75) is 6.92 Å². The van der Waals surface area contributed by atoms with E-state index in [0.29, 0.717) is 12.2 Å². The topological polar surface area (TPSA) is 52.6 Å². The summed E-state index contributed by atoms with van der Waals surface area (Å²) < 4.78 is 0. The van der Waals surface area contributed by atoms with Crippen LogP contribution in [0.15, 0.2) is 73.1 Å². The van der Waals surface area contributed by atoms with E-state index in [-0.39, 0.29) is 5.91 Å². The number of benzene rings is 1. The molecule has 3 aromatic rings. The minimum atomic E-state index is -0.0785. The molecule has 1 aromatic carbocycles. The van der Waals surface area contributed by atoms with Gasteiger partial charge in [-0.05, 0) is 43.3 Å². The highest BCUT2D eigenvalue weighted by molar-refractivity contribution is 6.04. The number of amides is 1. The molecule has 0 unspecified atom stereocenters. The zero-order chi connectivity index (χ0) is 20.1. The van der Waals surface area contributed by atoms with E-state index in [1.54, 1.807) is 4.90 Å². The molecule has 3 heterocycles. The first-order valence-corrected chi connectivity index (χ1v) is 10.00. The third-order valence-corrected chi connectivity index (χ3v) is 5.21. The number of hydrogen-bond donors (Lipinski definition) is 0. The molecule has 0 N–H and O–H groups in total. The third-order valence-electron chi connectivity index (χ3n) is 5.21. The summed E-state index contributed by atoms with van der Waals surface area (Å²) in [5.74, 6) is 0.942. The molecular weight excluding hydrogens is 362 g/mol. The fourth-order valence-corrected chi connectivity index (χ4v) is 3.62. The third kappa shape index (κ3) is 4.21. The molecule has 148 valence electrons. The molecular formula is C23H25N5O. The van der Waals surface area contributed by atoms with Crippen molar-refractivity contribution >= 4 is 23.1 Å². The van der Waals surface area contributed by atoms with Gasteiger partial charge in [-0.15, -0.1) is 0 Å². The maximum absolute atomic E-state index is 12.9. The minimum absolute atomic E-state index is 0.0785. The van der Waals surface area contributed by atoms with Crippen LogP contribution in [0.25, 0.3) is 0 Å². The molecule has 6 heteroatoms. The molecule has 1 fully saturated rings. The van der Waals surface area contributed by atoms with Gasteiger partial charge in [-0.1, -0.05) is 24.3 Å². The van der Waals surface area contributed by atoms with Crippen molar-refractivity contribution in [2.75, 3.05) is 47.4 Å². The molecule has 1 amide bonds. The molecule has 0 aliphatic carbocycles. The maximum Gasteiger partial charge on any atom is 0.276 e. The van der Waals surface area contributed by atoms with E-state index >= 15 is 0 Å². The number of carbonyl (C=O) groups is 1. The molecule has 1 saturated heterocycles. The minimum Gasteiger partial charge on any atom is -0.367 e. The van der Waals surface area contributed by atoms with Crippen LogP contribution < -0.4 is 14.7 Å². The molecule has 2 aromatic heterocycles.